The largest absolute Gasteiger partial charge is 0.454 e. The number of hydrogen-bond donors (Lipinski definition) is 1. The van der Waals surface area contributed by atoms with Crippen LogP contribution in [0.2, 0.25) is 0 Å². The zero-order chi connectivity index (χ0) is 21.2. The third kappa shape index (κ3) is 4.16. The Morgan fingerprint density at radius 2 is 2.13 bits per heavy atom. The van der Waals surface area contributed by atoms with Gasteiger partial charge in [-0.05, 0) is 37.5 Å². The van der Waals surface area contributed by atoms with Gasteiger partial charge in [-0.25, -0.2) is 9.97 Å². The average Bonchev–Trinajstić information content (AvgIpc) is 3.53. The first-order chi connectivity index (χ1) is 15.2. The van der Waals surface area contributed by atoms with Crippen molar-refractivity contribution in [1.82, 2.24) is 24.8 Å². The normalized spacial score (nSPS) is 17.2. The standard InChI is InChI=1S/C22H24N6O3/c1-15-9-20(26-22(25-15)27-8-6-23-13-27)28-7-2-3-17(28)11-21(29)24-12-16-4-5-18-19(10-16)31-14-30-18/h4-6,8-10,13,17H,2-3,7,11-12,14H2,1H3,(H,24,29)/t17-/m1/s1. The number of nitrogens with zero attached hydrogens (tertiary/aromatic N) is 5. The van der Waals surface area contributed by atoms with E-state index in [-0.39, 0.29) is 18.7 Å². The molecule has 0 spiro atoms. The molecule has 9 heteroatoms. The molecule has 9 nitrogen and oxygen atoms in total. The number of anilines is 1. The zero-order valence-electron chi connectivity index (χ0n) is 17.3. The Balaban J connectivity index is 1.24. The van der Waals surface area contributed by atoms with Crippen LogP contribution in [0.1, 0.15) is 30.5 Å². The molecule has 0 aliphatic carbocycles. The Morgan fingerprint density at radius 1 is 1.23 bits per heavy atom. The molecule has 160 valence electrons. The number of benzene rings is 1. The van der Waals surface area contributed by atoms with Crippen molar-refractivity contribution in [2.45, 2.75) is 38.8 Å². The predicted molar refractivity (Wildman–Crippen MR) is 113 cm³/mol. The van der Waals surface area contributed by atoms with Gasteiger partial charge in [0.15, 0.2) is 11.5 Å². The highest BCUT2D eigenvalue weighted by atomic mass is 16.7. The van der Waals surface area contributed by atoms with Gasteiger partial charge in [0.25, 0.3) is 0 Å². The van der Waals surface area contributed by atoms with Crippen molar-refractivity contribution in [2.24, 2.45) is 0 Å². The van der Waals surface area contributed by atoms with Crippen molar-refractivity contribution in [3.63, 3.8) is 0 Å². The van der Waals surface area contributed by atoms with Crippen molar-refractivity contribution in [2.75, 3.05) is 18.2 Å². The quantitative estimate of drug-likeness (QED) is 0.654. The Bertz CT molecular complexity index is 1080. The summed E-state index contributed by atoms with van der Waals surface area (Å²) in [7, 11) is 0. The topological polar surface area (TPSA) is 94.4 Å². The maximum atomic E-state index is 12.7. The lowest BCUT2D eigenvalue weighted by atomic mass is 10.1. The number of carbonyl (C=O) groups excluding carboxylic acids is 1. The van der Waals surface area contributed by atoms with E-state index in [1.165, 1.54) is 0 Å². The van der Waals surface area contributed by atoms with Gasteiger partial charge in [0, 0.05) is 49.7 Å². The summed E-state index contributed by atoms with van der Waals surface area (Å²) in [5.74, 6) is 2.93. The molecule has 5 rings (SSSR count). The van der Waals surface area contributed by atoms with Gasteiger partial charge in [-0.15, -0.1) is 0 Å². The molecule has 1 atom stereocenters. The maximum absolute atomic E-state index is 12.7. The second-order valence-electron chi connectivity index (χ2n) is 7.80. The minimum absolute atomic E-state index is 0.0233. The summed E-state index contributed by atoms with van der Waals surface area (Å²) in [5, 5.41) is 3.03. The van der Waals surface area contributed by atoms with Crippen molar-refractivity contribution in [3.8, 4) is 17.4 Å². The Labute approximate surface area is 180 Å². The molecule has 4 heterocycles. The SMILES string of the molecule is Cc1cc(N2CCC[C@@H]2CC(=O)NCc2ccc3c(c2)OCO3)nc(-n2ccnc2)n1. The van der Waals surface area contributed by atoms with E-state index in [9.17, 15) is 4.79 Å². The number of hydrogen-bond acceptors (Lipinski definition) is 7. The number of amides is 1. The fourth-order valence-electron chi connectivity index (χ4n) is 4.06. The first-order valence-electron chi connectivity index (χ1n) is 10.4. The van der Waals surface area contributed by atoms with E-state index in [1.54, 1.807) is 17.1 Å². The molecule has 1 saturated heterocycles. The van der Waals surface area contributed by atoms with Gasteiger partial charge in [-0.1, -0.05) is 6.07 Å². The molecule has 2 aromatic heterocycles. The molecule has 1 amide bonds. The van der Waals surface area contributed by atoms with E-state index < -0.39 is 0 Å². The summed E-state index contributed by atoms with van der Waals surface area (Å²) >= 11 is 0. The molecule has 0 bridgehead atoms. The summed E-state index contributed by atoms with van der Waals surface area (Å²) in [5.41, 5.74) is 1.86. The minimum atomic E-state index is 0.0233. The van der Waals surface area contributed by atoms with Crippen molar-refractivity contribution in [1.29, 1.82) is 0 Å². The highest BCUT2D eigenvalue weighted by Crippen LogP contribution is 2.32. The predicted octanol–water partition coefficient (Wildman–Crippen LogP) is 2.37. The molecule has 0 radical (unpaired) electrons. The molecule has 1 aromatic carbocycles. The first kappa shape index (κ1) is 19.3. The molecule has 2 aliphatic heterocycles. The highest BCUT2D eigenvalue weighted by Gasteiger charge is 2.28. The minimum Gasteiger partial charge on any atom is -0.454 e. The second-order valence-corrected chi connectivity index (χ2v) is 7.80. The van der Waals surface area contributed by atoms with Crippen LogP contribution in [0.4, 0.5) is 5.82 Å². The van der Waals surface area contributed by atoms with E-state index in [4.69, 9.17) is 14.5 Å². The van der Waals surface area contributed by atoms with Gasteiger partial charge < -0.3 is 19.7 Å². The van der Waals surface area contributed by atoms with Crippen LogP contribution in [-0.2, 0) is 11.3 Å². The fraction of sp³-hybridized carbons (Fsp3) is 0.364. The molecular formula is C22H24N6O3. The maximum Gasteiger partial charge on any atom is 0.237 e. The number of aromatic nitrogens is 4. The lowest BCUT2D eigenvalue weighted by molar-refractivity contribution is -0.121. The summed E-state index contributed by atoms with van der Waals surface area (Å²) < 4.78 is 12.5. The van der Waals surface area contributed by atoms with E-state index in [2.05, 4.69) is 20.2 Å². The Morgan fingerprint density at radius 3 is 3.00 bits per heavy atom. The highest BCUT2D eigenvalue weighted by molar-refractivity contribution is 5.77. The van der Waals surface area contributed by atoms with E-state index in [0.717, 1.165) is 48.0 Å². The first-order valence-corrected chi connectivity index (χ1v) is 10.4. The van der Waals surface area contributed by atoms with Crippen LogP contribution in [0.15, 0.2) is 43.0 Å². The number of aryl methyl sites for hydroxylation is 1. The number of rotatable bonds is 6. The number of imidazole rings is 1. The molecule has 31 heavy (non-hydrogen) atoms. The summed E-state index contributed by atoms with van der Waals surface area (Å²) in [6.45, 7) is 3.53. The van der Waals surface area contributed by atoms with Gasteiger partial charge in [0.1, 0.15) is 12.1 Å². The van der Waals surface area contributed by atoms with Crippen LogP contribution in [-0.4, -0.2) is 44.8 Å². The van der Waals surface area contributed by atoms with Gasteiger partial charge in [-0.3, -0.25) is 9.36 Å². The lowest BCUT2D eigenvalue weighted by Crippen LogP contribution is -2.36. The Hall–Kier alpha value is -3.62. The molecule has 2 aliphatic rings. The monoisotopic (exact) mass is 420 g/mol. The summed E-state index contributed by atoms with van der Waals surface area (Å²) in [6.07, 6.45) is 7.63. The van der Waals surface area contributed by atoms with E-state index in [1.807, 2.05) is 37.4 Å². The van der Waals surface area contributed by atoms with E-state index >= 15 is 0 Å². The van der Waals surface area contributed by atoms with E-state index in [0.29, 0.717) is 18.9 Å². The van der Waals surface area contributed by atoms with Crippen LogP contribution in [0.3, 0.4) is 0 Å². The average molecular weight is 420 g/mol. The molecule has 3 aromatic rings. The number of ether oxygens (including phenoxy) is 2. The van der Waals surface area contributed by atoms with Crippen molar-refractivity contribution < 1.29 is 14.3 Å². The van der Waals surface area contributed by atoms with Gasteiger partial charge in [-0.2, -0.15) is 4.98 Å². The van der Waals surface area contributed by atoms with Gasteiger partial charge in [0.05, 0.1) is 0 Å². The van der Waals surface area contributed by atoms with Gasteiger partial charge in [0.2, 0.25) is 18.6 Å². The van der Waals surface area contributed by atoms with Crippen molar-refractivity contribution in [3.05, 3.63) is 54.2 Å². The molecule has 0 unspecified atom stereocenters. The summed E-state index contributed by atoms with van der Waals surface area (Å²) in [6, 6.07) is 7.81. The molecule has 1 fully saturated rings. The molecule has 0 saturated carbocycles. The third-order valence-corrected chi connectivity index (χ3v) is 5.58. The number of fused-ring (bicyclic) bond motifs is 1. The molecule has 1 N–H and O–H groups in total. The van der Waals surface area contributed by atoms with Crippen LogP contribution >= 0.6 is 0 Å². The van der Waals surface area contributed by atoms with Crippen LogP contribution in [0.5, 0.6) is 11.5 Å². The fourth-order valence-corrected chi connectivity index (χ4v) is 4.06. The smallest absolute Gasteiger partial charge is 0.237 e. The van der Waals surface area contributed by atoms with Crippen LogP contribution in [0.25, 0.3) is 5.95 Å². The third-order valence-electron chi connectivity index (χ3n) is 5.58. The number of carbonyl (C=O) groups is 1. The van der Waals surface area contributed by atoms with Gasteiger partial charge >= 0.3 is 0 Å². The molecular weight excluding hydrogens is 396 g/mol. The Kier molecular flexibility index (Phi) is 5.15. The summed E-state index contributed by atoms with van der Waals surface area (Å²) in [4.78, 5) is 28.2. The van der Waals surface area contributed by atoms with Crippen LogP contribution < -0.4 is 19.7 Å². The zero-order valence-corrected chi connectivity index (χ0v) is 17.3. The number of nitrogens with one attached hydrogen (secondary N) is 1. The van der Waals surface area contributed by atoms with Crippen molar-refractivity contribution >= 4 is 11.7 Å². The van der Waals surface area contributed by atoms with Crippen LogP contribution in [0, 0.1) is 6.92 Å². The second kappa shape index (κ2) is 8.25. The lowest BCUT2D eigenvalue weighted by Gasteiger charge is -2.26.